The van der Waals surface area contributed by atoms with Crippen molar-refractivity contribution in [3.8, 4) is 5.75 Å². The van der Waals surface area contributed by atoms with Crippen LogP contribution >= 0.6 is 11.8 Å². The molecule has 3 aliphatic rings. The molecule has 1 saturated carbocycles. The van der Waals surface area contributed by atoms with Gasteiger partial charge in [-0.3, -0.25) is 86.9 Å². The quantitative estimate of drug-likeness (QED) is 0.0109. The Balaban J connectivity index is 0.873. The van der Waals surface area contributed by atoms with E-state index < -0.39 is 216 Å². The first kappa shape index (κ1) is 106. The van der Waals surface area contributed by atoms with Crippen LogP contribution in [-0.2, 0) is 112 Å². The average Bonchev–Trinajstić information content (AvgIpc) is 1.56. The summed E-state index contributed by atoms with van der Waals surface area (Å²) in [5.74, 6) is -16.4. The number of thioether (sulfide) groups is 1. The van der Waals surface area contributed by atoms with Crippen LogP contribution in [0.4, 0.5) is 0 Å². The number of aliphatic carboxylic acids is 1. The number of likely N-dealkylation sites (N-methyl/N-ethyl adjacent to an activating group) is 3. The molecule has 14 atom stereocenters. The van der Waals surface area contributed by atoms with Crippen molar-refractivity contribution >= 4 is 140 Å². The van der Waals surface area contributed by atoms with E-state index in [2.05, 4.69) is 73.1 Å². The third-order valence-corrected chi connectivity index (χ3v) is 25.6. The number of methoxy groups -OCH3 is 1. The number of benzene rings is 3. The Morgan fingerprint density at radius 2 is 1.22 bits per heavy atom. The van der Waals surface area contributed by atoms with Crippen LogP contribution in [0.25, 0.3) is 21.8 Å². The molecule has 15 amide bonds. The number of likely N-dealkylation sites (tertiary alicyclic amines) is 2. The molecule has 1 spiro atoms. The van der Waals surface area contributed by atoms with Crippen molar-refractivity contribution in [2.24, 2.45) is 23.1 Å². The Hall–Kier alpha value is -13.6. The number of carbonyl (C=O) groups excluding carboxylic acids is 16. The van der Waals surface area contributed by atoms with E-state index in [-0.39, 0.29) is 114 Å². The number of fused-ring (bicyclic) bond motifs is 2. The van der Waals surface area contributed by atoms with Gasteiger partial charge < -0.3 is 130 Å². The van der Waals surface area contributed by atoms with Gasteiger partial charge in [0.05, 0.1) is 37.7 Å². The summed E-state index contributed by atoms with van der Waals surface area (Å²) in [6.07, 6.45) is 6.77. The van der Waals surface area contributed by atoms with Gasteiger partial charge in [0.1, 0.15) is 83.8 Å². The van der Waals surface area contributed by atoms with Crippen LogP contribution < -0.4 is 70.4 Å². The number of phenols is 1. The molecule has 3 aromatic heterocycles. The zero-order valence-corrected chi connectivity index (χ0v) is 78.3. The van der Waals surface area contributed by atoms with Gasteiger partial charge in [-0.2, -0.15) is 0 Å². The predicted molar refractivity (Wildman–Crippen MR) is 498 cm³/mol. The molecule has 45 heteroatoms. The lowest BCUT2D eigenvalue weighted by atomic mass is 10.0. The fourth-order valence-corrected chi connectivity index (χ4v) is 17.7. The first-order valence-corrected chi connectivity index (χ1v) is 46.4. The summed E-state index contributed by atoms with van der Waals surface area (Å²) < 4.78 is 5.46. The summed E-state index contributed by atoms with van der Waals surface area (Å²) in [7, 11) is 5.21. The van der Waals surface area contributed by atoms with Crippen LogP contribution in [0.2, 0.25) is 0 Å². The zero-order chi connectivity index (χ0) is 99.4. The number of rotatable bonds is 53. The average molecular weight is 1910 g/mol. The van der Waals surface area contributed by atoms with E-state index in [9.17, 15) is 82.4 Å². The van der Waals surface area contributed by atoms with E-state index in [1.165, 1.54) is 76.9 Å². The molecule has 5 heterocycles. The number of primary amides is 1. The molecular weight excluding hydrogens is 1780 g/mol. The summed E-state index contributed by atoms with van der Waals surface area (Å²) in [5.41, 5.74) is 20.1. The van der Waals surface area contributed by atoms with Gasteiger partial charge in [-0.05, 0) is 112 Å². The number of ketones is 1. The second kappa shape index (κ2) is 50.1. The molecule has 3 fully saturated rings. The Morgan fingerprint density at radius 1 is 0.625 bits per heavy atom. The highest BCUT2D eigenvalue weighted by molar-refractivity contribution is 8.00. The number of guanidine groups is 1. The van der Waals surface area contributed by atoms with Crippen molar-refractivity contribution in [1.29, 1.82) is 5.41 Å². The van der Waals surface area contributed by atoms with Crippen LogP contribution in [-0.4, -0.2) is 329 Å². The number of aromatic hydroxyl groups is 1. The second-order valence-corrected chi connectivity index (χ2v) is 35.9. The highest BCUT2D eigenvalue weighted by atomic mass is 32.2. The van der Waals surface area contributed by atoms with Gasteiger partial charge in [-0.15, -0.1) is 11.8 Å². The molecule has 14 unspecified atom stereocenters. The maximum atomic E-state index is 15.4. The molecule has 0 bridgehead atoms. The number of nitrogens with two attached hydrogens (primary N) is 3. The van der Waals surface area contributed by atoms with E-state index in [0.29, 0.717) is 60.0 Å². The van der Waals surface area contributed by atoms with Gasteiger partial charge in [-0.1, -0.05) is 82.1 Å². The Kier molecular flexibility index (Phi) is 39.1. The number of carboxylic acid groups (broad SMARTS) is 1. The summed E-state index contributed by atoms with van der Waals surface area (Å²) in [4.78, 5) is 261. The number of aliphatic hydroxyl groups excluding tert-OH is 1. The lowest BCUT2D eigenvalue weighted by Crippen LogP contribution is -2.61. The molecule has 6 aromatic rings. The molecule has 23 N–H and O–H groups in total. The van der Waals surface area contributed by atoms with Crippen molar-refractivity contribution in [2.45, 2.75) is 221 Å². The van der Waals surface area contributed by atoms with E-state index in [1.807, 2.05) is 45.0 Å². The topological polar surface area (TPSA) is 659 Å². The summed E-state index contributed by atoms with van der Waals surface area (Å²) in [6.45, 7) is 5.24. The van der Waals surface area contributed by atoms with Crippen molar-refractivity contribution in [2.75, 3.05) is 79.2 Å². The number of nitrogens with zero attached hydrogens (tertiary/aromatic N) is 6. The van der Waals surface area contributed by atoms with Crippen LogP contribution in [0, 0.1) is 11.3 Å². The molecule has 1 aliphatic carbocycles. The minimum atomic E-state index is -1.85. The number of phenolic OH excluding ortho intramolecular Hbond substituents is 1. The fraction of sp³-hybridized carbons (Fsp3) is 0.527. The molecular formula is C91H127N23O21S. The Morgan fingerprint density at radius 3 is 1.83 bits per heavy atom. The van der Waals surface area contributed by atoms with E-state index in [1.54, 1.807) is 36.7 Å². The third kappa shape index (κ3) is 29.0. The maximum absolute atomic E-state index is 15.4. The standard InChI is InChI=1S/C91H127N23O21S/c1-9-10-23-70(111(6)89(134)72(29-34-135-8)112(7)86(131)66(38-54-43-99-61-21-14-12-19-58(54)61)107-82(127)68(46-115)108-78(123)59(92)37-53-42-98-60-20-13-11-18-57(53)60)83(128)103-62(22-15-31-97-90(94)95)80(125)109-69(79(124)100-45-74(93)118)47-136-48-75(119)102-65(36-52-25-27-56(116)28-26-52)85(130)110(5)51(4)77(122)105-67(40-76(120)121)87(132)113-32-16-24-71(113)84(129)104-63(39-55-44-96-49-101-55)81(126)106-64(35-50(2)3)88(133)114-33-17-30-91(114)41-73(91)117/h11-14,18-21,25-28,42-44,49-51,59,62-72,98-99,115-116H,9-10,15-17,22-24,29-41,45-48,92H2,1-8H3,(H2,93,118)(H,96,101)(H,100,124)(H,102,119)(H,103,128)(H,104,129)(H,105,122)(H,106,126)(H,107,127)(H,108,123)(H,109,125)(H,120,121)(H4,94,95,97). The van der Waals surface area contributed by atoms with E-state index >= 15 is 14.4 Å². The second-order valence-electron chi connectivity index (χ2n) is 34.9. The smallest absolute Gasteiger partial charge is 0.305 e. The number of amides is 15. The number of nitrogens with one attached hydrogen (secondary N) is 14. The fourth-order valence-electron chi connectivity index (χ4n) is 16.8. The van der Waals surface area contributed by atoms with Gasteiger partial charge in [-0.25, -0.2) is 4.98 Å². The number of aliphatic hydroxyl groups is 1. The lowest BCUT2D eigenvalue weighted by molar-refractivity contribution is -0.150. The lowest BCUT2D eigenvalue weighted by Gasteiger charge is -2.36. The zero-order valence-electron chi connectivity index (χ0n) is 77.5. The molecule has 738 valence electrons. The number of H-pyrrole nitrogens is 3. The number of aromatic nitrogens is 4. The number of aromatic amines is 3. The Labute approximate surface area is 789 Å². The molecule has 2 saturated heterocycles. The molecule has 44 nitrogen and oxygen atoms in total. The first-order valence-electron chi connectivity index (χ1n) is 45.3. The number of hydrogen-bond acceptors (Lipinski definition) is 24. The van der Waals surface area contributed by atoms with Crippen molar-refractivity contribution < 1.29 is 102 Å². The van der Waals surface area contributed by atoms with Gasteiger partial charge >= 0.3 is 5.97 Å². The van der Waals surface area contributed by atoms with Gasteiger partial charge in [0.2, 0.25) is 88.6 Å². The number of unbranched alkanes of at least 4 members (excludes halogenated alkanes) is 1. The summed E-state index contributed by atoms with van der Waals surface area (Å²) in [5, 5.41) is 66.5. The highest BCUT2D eigenvalue weighted by Crippen LogP contribution is 2.46. The van der Waals surface area contributed by atoms with Crippen LogP contribution in [0.1, 0.15) is 134 Å². The Bertz CT molecular complexity index is 5270. The molecule has 0 radical (unpaired) electrons. The van der Waals surface area contributed by atoms with Gasteiger partial charge in [0.15, 0.2) is 11.7 Å². The van der Waals surface area contributed by atoms with Crippen LogP contribution in [0.15, 0.2) is 97.7 Å². The van der Waals surface area contributed by atoms with Crippen molar-refractivity contribution in [1.82, 2.24) is 97.6 Å². The monoisotopic (exact) mass is 1910 g/mol. The number of hydrogen-bond donors (Lipinski definition) is 20. The molecule has 2 aliphatic heterocycles. The summed E-state index contributed by atoms with van der Waals surface area (Å²) >= 11 is 0.746. The van der Waals surface area contributed by atoms with E-state index in [0.717, 1.165) is 47.8 Å². The predicted octanol–water partition coefficient (Wildman–Crippen LogP) is -2.28. The number of Topliss-reactive ketones (excluding diaryl/α,β-unsaturated/α-hetero) is 1. The number of carboxylic acids is 1. The van der Waals surface area contributed by atoms with Crippen LogP contribution in [0.5, 0.6) is 5.75 Å². The van der Waals surface area contributed by atoms with Crippen molar-refractivity contribution in [3.63, 3.8) is 0 Å². The van der Waals surface area contributed by atoms with Gasteiger partial charge in [0, 0.05) is 138 Å². The maximum Gasteiger partial charge on any atom is 0.305 e. The third-order valence-electron chi connectivity index (χ3n) is 24.5. The van der Waals surface area contributed by atoms with Gasteiger partial charge in [0.25, 0.3) is 0 Å². The van der Waals surface area contributed by atoms with E-state index in [4.69, 9.17) is 27.3 Å². The number of imidazole rings is 1. The highest BCUT2D eigenvalue weighted by Gasteiger charge is 2.62. The molecule has 9 rings (SSSR count). The minimum absolute atomic E-state index is 0.0186. The SMILES string of the molecule is CCCCC(C(=O)NC(CCCNC(=N)N)C(=O)NC(CSCC(=O)NC(Cc1ccc(O)cc1)C(=O)N(C)C(C)C(=O)NC(CC(=O)O)C(=O)N1CCCC1C(=O)NC(Cc1cnc[nH]1)C(=O)NC(CC(C)C)C(=O)N1CCCC12CC2=O)C(=O)NCC(N)=O)N(C)C(=O)C(CCOC)N(C)C(=O)C(Cc1c[nH]c2ccccc12)NC(=O)C(CO)NC(=O)C(N)Cc1c[nH]c2ccccc12. The molecule has 136 heavy (non-hydrogen) atoms. The largest absolute Gasteiger partial charge is 0.508 e. The number of para-hydroxylation sites is 2. The summed E-state index contributed by atoms with van der Waals surface area (Å²) in [6, 6.07) is 1.04. The van der Waals surface area contributed by atoms with Crippen LogP contribution in [0.3, 0.4) is 0 Å². The normalized spacial score (nSPS) is 17.1. The first-order chi connectivity index (χ1) is 64.8. The number of ether oxygens (including phenoxy) is 1. The van der Waals surface area contributed by atoms with Crippen molar-refractivity contribution in [3.05, 3.63) is 120 Å². The molecule has 3 aromatic carbocycles. The number of carbonyl (C=O) groups is 17. The minimum Gasteiger partial charge on any atom is -0.508 e.